The van der Waals surface area contributed by atoms with E-state index in [9.17, 15) is 10.1 Å². The Kier molecular flexibility index (Phi) is 5.23. The summed E-state index contributed by atoms with van der Waals surface area (Å²) < 4.78 is 5.56. The molecule has 0 radical (unpaired) electrons. The Hall–Kier alpha value is -2.58. The first-order valence-electron chi connectivity index (χ1n) is 9.33. The van der Waals surface area contributed by atoms with Gasteiger partial charge in [-0.2, -0.15) is 0 Å². The Morgan fingerprint density at radius 2 is 2.18 bits per heavy atom. The fourth-order valence-corrected chi connectivity index (χ4v) is 4.04. The Morgan fingerprint density at radius 3 is 2.93 bits per heavy atom. The fourth-order valence-electron chi connectivity index (χ4n) is 3.85. The Labute approximate surface area is 167 Å². The number of halogens is 1. The molecule has 1 fully saturated rings. The summed E-state index contributed by atoms with van der Waals surface area (Å²) in [6, 6.07) is 6.51. The Balaban J connectivity index is 1.37. The second-order valence-corrected chi connectivity index (χ2v) is 7.61. The summed E-state index contributed by atoms with van der Waals surface area (Å²) in [6.07, 6.45) is 4.05. The van der Waals surface area contributed by atoms with Gasteiger partial charge in [-0.3, -0.25) is 15.0 Å². The minimum Gasteiger partial charge on any atom is -0.493 e. The number of hydrogen-bond donors (Lipinski definition) is 2. The first-order valence-corrected chi connectivity index (χ1v) is 9.71. The van der Waals surface area contributed by atoms with Crippen LogP contribution in [0.4, 0.5) is 17.2 Å². The number of nitro groups is 1. The highest BCUT2D eigenvalue weighted by molar-refractivity contribution is 6.33. The van der Waals surface area contributed by atoms with E-state index in [2.05, 4.69) is 33.4 Å². The molecule has 0 bridgehead atoms. The number of aromatic nitrogens is 1. The lowest BCUT2D eigenvalue weighted by molar-refractivity contribution is -0.383. The summed E-state index contributed by atoms with van der Waals surface area (Å²) in [4.78, 5) is 17.0. The van der Waals surface area contributed by atoms with Crippen molar-refractivity contribution in [2.24, 2.45) is 0 Å². The standard InChI is InChI=1S/C19H22ClN5O3/c20-15-10-22-19(21)18(25(26)27)17(15)23-14-3-6-24(7-4-14)11-12-1-2-16-13(9-12)5-8-28-16/h1-2,9-10,14H,3-8,11H2,(H3,21,22,23). The minimum absolute atomic E-state index is 0.0997. The van der Waals surface area contributed by atoms with E-state index < -0.39 is 4.92 Å². The molecule has 2 aromatic rings. The van der Waals surface area contributed by atoms with Crippen LogP contribution in [0, 0.1) is 10.1 Å². The topological polar surface area (TPSA) is 107 Å². The number of anilines is 2. The van der Waals surface area contributed by atoms with Crippen LogP contribution in [0.5, 0.6) is 5.75 Å². The van der Waals surface area contributed by atoms with E-state index in [1.807, 2.05) is 0 Å². The van der Waals surface area contributed by atoms with E-state index in [0.717, 1.165) is 51.3 Å². The number of ether oxygens (including phenoxy) is 1. The Bertz CT molecular complexity index is 899. The molecule has 0 aliphatic carbocycles. The van der Waals surface area contributed by atoms with E-state index in [0.29, 0.717) is 0 Å². The van der Waals surface area contributed by atoms with Gasteiger partial charge in [0.05, 0.1) is 22.7 Å². The molecule has 28 heavy (non-hydrogen) atoms. The summed E-state index contributed by atoms with van der Waals surface area (Å²) in [6.45, 7) is 3.46. The van der Waals surface area contributed by atoms with Gasteiger partial charge in [0.1, 0.15) is 11.4 Å². The van der Waals surface area contributed by atoms with Gasteiger partial charge in [0, 0.05) is 32.1 Å². The second-order valence-electron chi connectivity index (χ2n) is 7.21. The van der Waals surface area contributed by atoms with Crippen LogP contribution >= 0.6 is 11.6 Å². The first kappa shape index (κ1) is 18.8. The fraction of sp³-hybridized carbons (Fsp3) is 0.421. The second kappa shape index (κ2) is 7.81. The van der Waals surface area contributed by atoms with E-state index in [1.165, 1.54) is 17.3 Å². The number of pyridine rings is 1. The number of hydrogen-bond acceptors (Lipinski definition) is 7. The predicted octanol–water partition coefficient (Wildman–Crippen LogP) is 3.24. The molecule has 0 unspecified atom stereocenters. The number of fused-ring (bicyclic) bond motifs is 1. The van der Waals surface area contributed by atoms with Crippen molar-refractivity contribution in [2.45, 2.75) is 31.8 Å². The SMILES string of the molecule is Nc1ncc(Cl)c(NC2CCN(Cc3ccc4c(c3)CCO4)CC2)c1[N+](=O)[O-]. The molecule has 0 amide bonds. The van der Waals surface area contributed by atoms with Crippen molar-refractivity contribution < 1.29 is 9.66 Å². The summed E-state index contributed by atoms with van der Waals surface area (Å²) >= 11 is 6.14. The highest BCUT2D eigenvalue weighted by Gasteiger charge is 2.27. The van der Waals surface area contributed by atoms with E-state index in [4.69, 9.17) is 22.1 Å². The third-order valence-corrected chi connectivity index (χ3v) is 5.60. The number of nitrogens with two attached hydrogens (primary N) is 1. The molecule has 2 aliphatic heterocycles. The van der Waals surface area contributed by atoms with Crippen LogP contribution < -0.4 is 15.8 Å². The van der Waals surface area contributed by atoms with Crippen LogP contribution in [0.3, 0.4) is 0 Å². The van der Waals surface area contributed by atoms with Crippen molar-refractivity contribution in [3.05, 3.63) is 50.7 Å². The maximum atomic E-state index is 11.3. The van der Waals surface area contributed by atoms with Crippen LogP contribution in [-0.2, 0) is 13.0 Å². The minimum atomic E-state index is -0.538. The van der Waals surface area contributed by atoms with Crippen molar-refractivity contribution in [3.63, 3.8) is 0 Å². The van der Waals surface area contributed by atoms with Gasteiger partial charge in [0.2, 0.25) is 5.82 Å². The monoisotopic (exact) mass is 403 g/mol. The molecule has 1 aromatic carbocycles. The predicted molar refractivity (Wildman–Crippen MR) is 108 cm³/mol. The quantitative estimate of drug-likeness (QED) is 0.582. The maximum Gasteiger partial charge on any atom is 0.335 e. The Morgan fingerprint density at radius 1 is 1.39 bits per heavy atom. The number of nitrogen functional groups attached to an aromatic ring is 1. The number of benzene rings is 1. The van der Waals surface area contributed by atoms with Crippen LogP contribution in [0.15, 0.2) is 24.4 Å². The molecule has 1 saturated heterocycles. The van der Waals surface area contributed by atoms with Crippen LogP contribution in [0.2, 0.25) is 5.02 Å². The molecule has 0 spiro atoms. The zero-order valence-corrected chi connectivity index (χ0v) is 16.1. The molecule has 3 N–H and O–H groups in total. The third kappa shape index (κ3) is 3.83. The van der Waals surface area contributed by atoms with Crippen molar-refractivity contribution in [2.75, 3.05) is 30.7 Å². The molecule has 0 saturated carbocycles. The first-order chi connectivity index (χ1) is 13.5. The van der Waals surface area contributed by atoms with Crippen LogP contribution in [0.25, 0.3) is 0 Å². The molecular formula is C19H22ClN5O3. The molecule has 0 atom stereocenters. The summed E-state index contributed by atoms with van der Waals surface area (Å²) in [5, 5.41) is 14.8. The van der Waals surface area contributed by atoms with Gasteiger partial charge in [0.15, 0.2) is 0 Å². The lowest BCUT2D eigenvalue weighted by atomic mass is 10.0. The van der Waals surface area contributed by atoms with Crippen LogP contribution in [-0.4, -0.2) is 40.5 Å². The zero-order valence-electron chi connectivity index (χ0n) is 15.4. The van der Waals surface area contributed by atoms with Crippen molar-refractivity contribution in [1.29, 1.82) is 0 Å². The zero-order chi connectivity index (χ0) is 19.7. The van der Waals surface area contributed by atoms with Gasteiger partial charge in [-0.05, 0) is 30.0 Å². The lowest BCUT2D eigenvalue weighted by Gasteiger charge is -2.33. The number of likely N-dealkylation sites (tertiary alicyclic amines) is 1. The van der Waals surface area contributed by atoms with Gasteiger partial charge >= 0.3 is 5.69 Å². The van der Waals surface area contributed by atoms with E-state index >= 15 is 0 Å². The molecule has 9 heteroatoms. The van der Waals surface area contributed by atoms with Gasteiger partial charge in [-0.25, -0.2) is 4.98 Å². The number of nitrogens with one attached hydrogen (secondary N) is 1. The number of piperidine rings is 1. The third-order valence-electron chi connectivity index (χ3n) is 5.31. The summed E-state index contributed by atoms with van der Waals surface area (Å²) in [7, 11) is 0. The summed E-state index contributed by atoms with van der Waals surface area (Å²) in [5.41, 5.74) is 8.25. The average Bonchev–Trinajstić information content (AvgIpc) is 3.14. The summed E-state index contributed by atoms with van der Waals surface area (Å²) in [5.74, 6) is 0.872. The normalized spacial score (nSPS) is 17.2. The van der Waals surface area contributed by atoms with E-state index in [-0.39, 0.29) is 28.3 Å². The van der Waals surface area contributed by atoms with Gasteiger partial charge in [0.25, 0.3) is 0 Å². The highest BCUT2D eigenvalue weighted by atomic mass is 35.5. The average molecular weight is 404 g/mol. The van der Waals surface area contributed by atoms with Gasteiger partial charge in [-0.15, -0.1) is 0 Å². The largest absolute Gasteiger partial charge is 0.493 e. The number of nitrogens with zero attached hydrogens (tertiary/aromatic N) is 3. The van der Waals surface area contributed by atoms with Crippen molar-refractivity contribution in [1.82, 2.24) is 9.88 Å². The van der Waals surface area contributed by atoms with Crippen molar-refractivity contribution in [3.8, 4) is 5.75 Å². The van der Waals surface area contributed by atoms with Crippen molar-refractivity contribution >= 4 is 28.8 Å². The van der Waals surface area contributed by atoms with E-state index in [1.54, 1.807) is 0 Å². The van der Waals surface area contributed by atoms with Gasteiger partial charge < -0.3 is 15.8 Å². The maximum absolute atomic E-state index is 11.3. The smallest absolute Gasteiger partial charge is 0.335 e. The molecule has 3 heterocycles. The molecule has 2 aliphatic rings. The lowest BCUT2D eigenvalue weighted by Crippen LogP contribution is -2.38. The van der Waals surface area contributed by atoms with Gasteiger partial charge in [-0.1, -0.05) is 23.7 Å². The molecule has 148 valence electrons. The van der Waals surface area contributed by atoms with Crippen LogP contribution in [0.1, 0.15) is 24.0 Å². The molecule has 1 aromatic heterocycles. The molecular weight excluding hydrogens is 382 g/mol. The molecule has 4 rings (SSSR count). The molecule has 8 nitrogen and oxygen atoms in total. The number of rotatable bonds is 5. The highest BCUT2D eigenvalue weighted by Crippen LogP contribution is 2.36.